The Morgan fingerprint density at radius 1 is 1.12 bits per heavy atom. The smallest absolute Gasteiger partial charge is 0.229 e. The molecule has 2 aromatic rings. The van der Waals surface area contributed by atoms with E-state index < -0.39 is 0 Å². The van der Waals surface area contributed by atoms with Crippen LogP contribution < -0.4 is 15.0 Å². The van der Waals surface area contributed by atoms with Crippen molar-refractivity contribution in [3.8, 4) is 5.75 Å². The number of nitrogens with one attached hydrogen (secondary N) is 1. The Morgan fingerprint density at radius 3 is 2.48 bits per heavy atom. The summed E-state index contributed by atoms with van der Waals surface area (Å²) in [6, 6.07) is 13.2. The van der Waals surface area contributed by atoms with Crippen LogP contribution in [0.5, 0.6) is 5.75 Å². The molecule has 130 valence electrons. The van der Waals surface area contributed by atoms with Crippen molar-refractivity contribution in [2.75, 3.05) is 23.9 Å². The lowest BCUT2D eigenvalue weighted by Gasteiger charge is -2.19. The molecule has 1 atom stereocenters. The van der Waals surface area contributed by atoms with E-state index in [1.807, 2.05) is 56.3 Å². The van der Waals surface area contributed by atoms with Crippen LogP contribution in [-0.4, -0.2) is 25.5 Å². The molecule has 1 saturated heterocycles. The normalized spacial score (nSPS) is 16.8. The lowest BCUT2D eigenvalue weighted by Crippen LogP contribution is -2.28. The van der Waals surface area contributed by atoms with Gasteiger partial charge in [0.2, 0.25) is 11.8 Å². The van der Waals surface area contributed by atoms with Crippen molar-refractivity contribution >= 4 is 23.2 Å². The second kappa shape index (κ2) is 6.97. The zero-order valence-electron chi connectivity index (χ0n) is 14.7. The van der Waals surface area contributed by atoms with Crippen LogP contribution in [0.2, 0.25) is 0 Å². The van der Waals surface area contributed by atoms with Crippen LogP contribution in [0.4, 0.5) is 11.4 Å². The zero-order valence-corrected chi connectivity index (χ0v) is 14.7. The van der Waals surface area contributed by atoms with Crippen LogP contribution in [0.3, 0.4) is 0 Å². The highest BCUT2D eigenvalue weighted by atomic mass is 16.5. The summed E-state index contributed by atoms with van der Waals surface area (Å²) in [5, 5.41) is 2.99. The molecule has 3 rings (SSSR count). The van der Waals surface area contributed by atoms with Gasteiger partial charge < -0.3 is 15.0 Å². The number of hydrogen-bond acceptors (Lipinski definition) is 3. The molecule has 1 fully saturated rings. The number of anilines is 2. The fourth-order valence-electron chi connectivity index (χ4n) is 3.21. The van der Waals surface area contributed by atoms with E-state index in [9.17, 15) is 9.59 Å². The molecular weight excluding hydrogens is 316 g/mol. The van der Waals surface area contributed by atoms with Crippen molar-refractivity contribution in [1.82, 2.24) is 0 Å². The first-order valence-electron chi connectivity index (χ1n) is 8.31. The minimum absolute atomic E-state index is 0.0637. The molecule has 5 heteroatoms. The molecule has 2 aromatic carbocycles. The first-order valence-corrected chi connectivity index (χ1v) is 8.31. The third-order valence-corrected chi connectivity index (χ3v) is 4.60. The molecule has 2 amide bonds. The highest BCUT2D eigenvalue weighted by Crippen LogP contribution is 2.33. The number of benzene rings is 2. The molecular formula is C20H22N2O3. The van der Waals surface area contributed by atoms with Gasteiger partial charge >= 0.3 is 0 Å². The summed E-state index contributed by atoms with van der Waals surface area (Å²) in [4.78, 5) is 26.7. The quantitative estimate of drug-likeness (QED) is 0.930. The van der Waals surface area contributed by atoms with Crippen LogP contribution in [0.25, 0.3) is 0 Å². The van der Waals surface area contributed by atoms with E-state index in [1.165, 1.54) is 0 Å². The van der Waals surface area contributed by atoms with Gasteiger partial charge in [-0.1, -0.05) is 30.3 Å². The fraction of sp³-hybridized carbons (Fsp3) is 0.300. The van der Waals surface area contributed by atoms with Gasteiger partial charge in [0.1, 0.15) is 5.75 Å². The summed E-state index contributed by atoms with van der Waals surface area (Å²) >= 11 is 0. The van der Waals surface area contributed by atoms with Gasteiger partial charge in [-0.05, 0) is 37.1 Å². The molecule has 0 unspecified atom stereocenters. The molecule has 5 nitrogen and oxygen atoms in total. The summed E-state index contributed by atoms with van der Waals surface area (Å²) in [5.41, 5.74) is 3.56. The van der Waals surface area contributed by atoms with Crippen molar-refractivity contribution in [3.05, 3.63) is 53.6 Å². The van der Waals surface area contributed by atoms with Gasteiger partial charge in [0, 0.05) is 18.7 Å². The molecule has 0 spiro atoms. The van der Waals surface area contributed by atoms with Gasteiger partial charge in [0.25, 0.3) is 0 Å². The standard InChI is InChI=1S/C20H22N2O3/c1-13-7-6-8-14(2)19(13)21-20(24)15-11-18(23)22(12-15)16-9-4-5-10-17(16)25-3/h4-10,15H,11-12H2,1-3H3,(H,21,24)/t15-/m0/s1. The average Bonchev–Trinajstić information content (AvgIpc) is 3.00. The summed E-state index contributed by atoms with van der Waals surface area (Å²) < 4.78 is 5.33. The SMILES string of the molecule is COc1ccccc1N1C[C@@H](C(=O)Nc2c(C)cccc2C)CC1=O. The van der Waals surface area contributed by atoms with Gasteiger partial charge in [0.15, 0.2) is 0 Å². The number of rotatable bonds is 4. The molecule has 1 aliphatic rings. The van der Waals surface area contributed by atoms with Crippen LogP contribution >= 0.6 is 0 Å². The number of hydrogen-bond donors (Lipinski definition) is 1. The Balaban J connectivity index is 1.77. The van der Waals surface area contributed by atoms with Crippen molar-refractivity contribution in [2.45, 2.75) is 20.3 Å². The first kappa shape index (κ1) is 17.0. The van der Waals surface area contributed by atoms with Gasteiger partial charge in [-0.25, -0.2) is 0 Å². The van der Waals surface area contributed by atoms with Gasteiger partial charge in [0.05, 0.1) is 18.7 Å². The van der Waals surface area contributed by atoms with Crippen LogP contribution in [0.1, 0.15) is 17.5 Å². The highest BCUT2D eigenvalue weighted by Gasteiger charge is 2.36. The lowest BCUT2D eigenvalue weighted by atomic mass is 10.1. The van der Waals surface area contributed by atoms with Crippen LogP contribution in [0.15, 0.2) is 42.5 Å². The molecule has 1 aliphatic heterocycles. The lowest BCUT2D eigenvalue weighted by molar-refractivity contribution is -0.122. The van der Waals surface area contributed by atoms with Crippen LogP contribution in [0, 0.1) is 19.8 Å². The van der Waals surface area contributed by atoms with E-state index in [4.69, 9.17) is 4.74 Å². The second-order valence-corrected chi connectivity index (χ2v) is 6.33. The molecule has 0 radical (unpaired) electrons. The van der Waals surface area contributed by atoms with E-state index in [2.05, 4.69) is 5.32 Å². The predicted molar refractivity (Wildman–Crippen MR) is 98.0 cm³/mol. The van der Waals surface area contributed by atoms with Gasteiger partial charge in [-0.2, -0.15) is 0 Å². The van der Waals surface area contributed by atoms with Crippen molar-refractivity contribution in [3.63, 3.8) is 0 Å². The van der Waals surface area contributed by atoms with E-state index in [0.29, 0.717) is 18.0 Å². The number of ether oxygens (including phenoxy) is 1. The number of methoxy groups -OCH3 is 1. The molecule has 0 aliphatic carbocycles. The van der Waals surface area contributed by atoms with Crippen molar-refractivity contribution < 1.29 is 14.3 Å². The number of amides is 2. The minimum Gasteiger partial charge on any atom is -0.495 e. The maximum Gasteiger partial charge on any atom is 0.229 e. The number of nitrogens with zero attached hydrogens (tertiary/aromatic N) is 1. The van der Waals surface area contributed by atoms with Gasteiger partial charge in [-0.15, -0.1) is 0 Å². The summed E-state index contributed by atoms with van der Waals surface area (Å²) in [7, 11) is 1.57. The molecule has 1 heterocycles. The molecule has 0 saturated carbocycles. The zero-order chi connectivity index (χ0) is 18.0. The average molecular weight is 338 g/mol. The predicted octanol–water partition coefficient (Wildman–Crippen LogP) is 3.30. The third-order valence-electron chi connectivity index (χ3n) is 4.60. The fourth-order valence-corrected chi connectivity index (χ4v) is 3.21. The Bertz CT molecular complexity index is 796. The Kier molecular flexibility index (Phi) is 4.74. The van der Waals surface area contributed by atoms with E-state index in [1.54, 1.807) is 12.0 Å². The highest BCUT2D eigenvalue weighted by molar-refractivity contribution is 6.04. The summed E-state index contributed by atoms with van der Waals surface area (Å²) in [5.74, 6) is 0.0670. The Labute approximate surface area is 147 Å². The van der Waals surface area contributed by atoms with Crippen LogP contribution in [-0.2, 0) is 9.59 Å². The number of carbonyl (C=O) groups excluding carboxylic acids is 2. The maximum atomic E-state index is 12.7. The molecule has 1 N–H and O–H groups in total. The molecule has 25 heavy (non-hydrogen) atoms. The van der Waals surface area contributed by atoms with E-state index in [-0.39, 0.29) is 24.2 Å². The number of para-hydroxylation sites is 3. The molecule has 0 bridgehead atoms. The summed E-state index contributed by atoms with van der Waals surface area (Å²) in [6.45, 7) is 4.28. The Hall–Kier alpha value is -2.82. The van der Waals surface area contributed by atoms with E-state index >= 15 is 0 Å². The van der Waals surface area contributed by atoms with Gasteiger partial charge in [-0.3, -0.25) is 9.59 Å². The molecule has 0 aromatic heterocycles. The Morgan fingerprint density at radius 2 is 1.80 bits per heavy atom. The minimum atomic E-state index is -0.378. The number of carbonyl (C=O) groups is 2. The van der Waals surface area contributed by atoms with Crippen molar-refractivity contribution in [2.24, 2.45) is 5.92 Å². The maximum absolute atomic E-state index is 12.7. The van der Waals surface area contributed by atoms with E-state index in [0.717, 1.165) is 16.8 Å². The monoisotopic (exact) mass is 338 g/mol. The topological polar surface area (TPSA) is 58.6 Å². The number of aryl methyl sites for hydroxylation is 2. The third kappa shape index (κ3) is 3.36. The summed E-state index contributed by atoms with van der Waals surface area (Å²) in [6.07, 6.45) is 0.203. The largest absolute Gasteiger partial charge is 0.495 e. The second-order valence-electron chi connectivity index (χ2n) is 6.33. The first-order chi connectivity index (χ1) is 12.0. The van der Waals surface area contributed by atoms with Crippen molar-refractivity contribution in [1.29, 1.82) is 0 Å².